The highest BCUT2D eigenvalue weighted by Crippen LogP contribution is 2.10. The largest absolute Gasteiger partial charge is 0.353 e. The van der Waals surface area contributed by atoms with Crippen LogP contribution in [-0.4, -0.2) is 21.1 Å². The zero-order valence-electron chi connectivity index (χ0n) is 12.3. The van der Waals surface area contributed by atoms with E-state index in [0.717, 1.165) is 18.9 Å². The second kappa shape index (κ2) is 7.22. The molecule has 0 saturated carbocycles. The van der Waals surface area contributed by atoms with Gasteiger partial charge in [-0.2, -0.15) is 4.98 Å². The maximum Gasteiger partial charge on any atom is 0.243 e. The summed E-state index contributed by atoms with van der Waals surface area (Å²) in [6, 6.07) is 3.02. The van der Waals surface area contributed by atoms with Crippen molar-refractivity contribution in [2.24, 2.45) is 5.92 Å². The third-order valence-electron chi connectivity index (χ3n) is 3.29. The molecule has 4 nitrogen and oxygen atoms in total. The molecule has 110 valence electrons. The molecule has 0 amide bonds. The molecule has 0 radical (unpaired) electrons. The Kier molecular flexibility index (Phi) is 5.32. The lowest BCUT2D eigenvalue weighted by Crippen LogP contribution is -2.03. The highest BCUT2D eigenvalue weighted by molar-refractivity contribution is 5.42. The molecule has 1 N–H and O–H groups in total. The van der Waals surface area contributed by atoms with Crippen molar-refractivity contribution >= 4 is 11.6 Å². The second-order valence-corrected chi connectivity index (χ2v) is 5.61. The van der Waals surface area contributed by atoms with Gasteiger partial charge >= 0.3 is 0 Å². The minimum atomic E-state index is -0.306. The van der Waals surface area contributed by atoms with Crippen molar-refractivity contribution in [2.45, 2.75) is 46.0 Å². The van der Waals surface area contributed by atoms with Gasteiger partial charge in [-0.25, -0.2) is 8.91 Å². The fraction of sp³-hybridized carbons (Fsp3) is 0.600. The van der Waals surface area contributed by atoms with Gasteiger partial charge in [0.25, 0.3) is 0 Å². The van der Waals surface area contributed by atoms with Crippen LogP contribution in [0.15, 0.2) is 18.3 Å². The molecule has 0 aliphatic rings. The molecule has 2 heterocycles. The Balaban J connectivity index is 1.68. The SMILES string of the molecule is CC(C)CCCCCCNc1nc2ccc(F)cn2n1. The van der Waals surface area contributed by atoms with Crippen molar-refractivity contribution in [3.05, 3.63) is 24.1 Å². The zero-order chi connectivity index (χ0) is 14.4. The Morgan fingerprint density at radius 3 is 2.80 bits per heavy atom. The third kappa shape index (κ3) is 4.47. The van der Waals surface area contributed by atoms with Crippen LogP contribution in [0.25, 0.3) is 5.65 Å². The first-order valence-electron chi connectivity index (χ1n) is 7.41. The smallest absolute Gasteiger partial charge is 0.243 e. The average Bonchev–Trinajstić information content (AvgIpc) is 2.79. The summed E-state index contributed by atoms with van der Waals surface area (Å²) >= 11 is 0. The van der Waals surface area contributed by atoms with Gasteiger partial charge in [0, 0.05) is 6.54 Å². The Bertz CT molecular complexity index is 536. The van der Waals surface area contributed by atoms with Crippen molar-refractivity contribution in [1.82, 2.24) is 14.6 Å². The highest BCUT2D eigenvalue weighted by Gasteiger charge is 2.03. The van der Waals surface area contributed by atoms with E-state index in [9.17, 15) is 4.39 Å². The van der Waals surface area contributed by atoms with Crippen LogP contribution in [0.2, 0.25) is 0 Å². The number of hydrogen-bond acceptors (Lipinski definition) is 3. The predicted molar refractivity (Wildman–Crippen MR) is 79.4 cm³/mol. The van der Waals surface area contributed by atoms with Gasteiger partial charge in [0.2, 0.25) is 5.95 Å². The molecule has 0 unspecified atom stereocenters. The second-order valence-electron chi connectivity index (χ2n) is 5.61. The van der Waals surface area contributed by atoms with Crippen LogP contribution < -0.4 is 5.32 Å². The van der Waals surface area contributed by atoms with Gasteiger partial charge in [-0.1, -0.05) is 39.5 Å². The van der Waals surface area contributed by atoms with Crippen LogP contribution in [-0.2, 0) is 0 Å². The van der Waals surface area contributed by atoms with Crippen LogP contribution in [0.1, 0.15) is 46.0 Å². The lowest BCUT2D eigenvalue weighted by Gasteiger charge is -2.04. The molecule has 0 bridgehead atoms. The van der Waals surface area contributed by atoms with E-state index in [4.69, 9.17) is 0 Å². The summed E-state index contributed by atoms with van der Waals surface area (Å²) in [5.41, 5.74) is 0.658. The summed E-state index contributed by atoms with van der Waals surface area (Å²) in [5.74, 6) is 1.06. The van der Waals surface area contributed by atoms with E-state index < -0.39 is 0 Å². The molecule has 20 heavy (non-hydrogen) atoms. The van der Waals surface area contributed by atoms with E-state index in [2.05, 4.69) is 29.2 Å². The van der Waals surface area contributed by atoms with Crippen molar-refractivity contribution in [1.29, 1.82) is 0 Å². The van der Waals surface area contributed by atoms with Gasteiger partial charge in [-0.3, -0.25) is 0 Å². The number of aromatic nitrogens is 3. The normalized spacial score (nSPS) is 11.4. The average molecular weight is 278 g/mol. The van der Waals surface area contributed by atoms with E-state index in [-0.39, 0.29) is 5.82 Å². The number of nitrogens with zero attached hydrogens (tertiary/aromatic N) is 3. The third-order valence-corrected chi connectivity index (χ3v) is 3.29. The van der Waals surface area contributed by atoms with Crippen molar-refractivity contribution in [3.63, 3.8) is 0 Å². The van der Waals surface area contributed by atoms with Gasteiger partial charge in [0.05, 0.1) is 6.20 Å². The van der Waals surface area contributed by atoms with Crippen LogP contribution in [0, 0.1) is 11.7 Å². The predicted octanol–water partition coefficient (Wildman–Crippen LogP) is 3.89. The summed E-state index contributed by atoms with van der Waals surface area (Å²) in [5, 5.41) is 7.37. The number of fused-ring (bicyclic) bond motifs is 1. The molecule has 0 aliphatic carbocycles. The molecule has 0 aliphatic heterocycles. The van der Waals surface area contributed by atoms with Crippen LogP contribution in [0.4, 0.5) is 10.3 Å². The van der Waals surface area contributed by atoms with Gasteiger partial charge in [-0.15, -0.1) is 5.10 Å². The van der Waals surface area contributed by atoms with E-state index in [1.165, 1.54) is 42.5 Å². The molecular formula is C15H23FN4. The molecule has 0 saturated heterocycles. The van der Waals surface area contributed by atoms with Crippen molar-refractivity contribution in [3.8, 4) is 0 Å². The molecule has 0 spiro atoms. The van der Waals surface area contributed by atoms with E-state index in [1.54, 1.807) is 6.07 Å². The number of pyridine rings is 1. The molecule has 2 aromatic rings. The van der Waals surface area contributed by atoms with Gasteiger partial charge < -0.3 is 5.32 Å². The summed E-state index contributed by atoms with van der Waals surface area (Å²) in [7, 11) is 0. The molecular weight excluding hydrogens is 255 g/mol. The molecule has 2 aromatic heterocycles. The van der Waals surface area contributed by atoms with Crippen LogP contribution in [0.5, 0.6) is 0 Å². The number of unbranched alkanes of at least 4 members (excludes halogenated alkanes) is 3. The number of nitrogens with one attached hydrogen (secondary N) is 1. The summed E-state index contributed by atoms with van der Waals surface area (Å²) < 4.78 is 14.5. The van der Waals surface area contributed by atoms with E-state index >= 15 is 0 Å². The summed E-state index contributed by atoms with van der Waals surface area (Å²) in [4.78, 5) is 4.29. The maximum absolute atomic E-state index is 13.0. The molecule has 5 heteroatoms. The lowest BCUT2D eigenvalue weighted by molar-refractivity contribution is 0.523. The maximum atomic E-state index is 13.0. The standard InChI is InChI=1S/C15H23FN4/c1-12(2)7-5-3-4-6-10-17-15-18-14-9-8-13(16)11-20(14)19-15/h8-9,11-12H,3-7,10H2,1-2H3,(H,17,19). The Labute approximate surface area is 119 Å². The minimum absolute atomic E-state index is 0.306. The van der Waals surface area contributed by atoms with Gasteiger partial charge in [0.1, 0.15) is 5.82 Å². The van der Waals surface area contributed by atoms with Crippen molar-refractivity contribution in [2.75, 3.05) is 11.9 Å². The quantitative estimate of drug-likeness (QED) is 0.745. The van der Waals surface area contributed by atoms with Gasteiger partial charge in [0.15, 0.2) is 5.65 Å². The molecule has 0 atom stereocenters. The van der Waals surface area contributed by atoms with Gasteiger partial charge in [-0.05, 0) is 24.5 Å². The Morgan fingerprint density at radius 2 is 2.00 bits per heavy atom. The van der Waals surface area contributed by atoms with Crippen LogP contribution in [0.3, 0.4) is 0 Å². The zero-order valence-corrected chi connectivity index (χ0v) is 12.3. The summed E-state index contributed by atoms with van der Waals surface area (Å²) in [6.07, 6.45) is 7.57. The lowest BCUT2D eigenvalue weighted by atomic mass is 10.0. The Morgan fingerprint density at radius 1 is 1.20 bits per heavy atom. The number of rotatable bonds is 8. The van der Waals surface area contributed by atoms with Crippen LogP contribution >= 0.6 is 0 Å². The molecule has 0 fully saturated rings. The number of anilines is 1. The van der Waals surface area contributed by atoms with E-state index in [1.807, 2.05) is 0 Å². The topological polar surface area (TPSA) is 42.2 Å². The fourth-order valence-corrected chi connectivity index (χ4v) is 2.16. The fourth-order valence-electron chi connectivity index (χ4n) is 2.16. The minimum Gasteiger partial charge on any atom is -0.353 e. The summed E-state index contributed by atoms with van der Waals surface area (Å²) in [6.45, 7) is 5.39. The number of halogens is 1. The first kappa shape index (κ1) is 14.8. The first-order valence-corrected chi connectivity index (χ1v) is 7.41. The number of hydrogen-bond donors (Lipinski definition) is 1. The highest BCUT2D eigenvalue weighted by atomic mass is 19.1. The molecule has 0 aromatic carbocycles. The van der Waals surface area contributed by atoms with Crippen molar-refractivity contribution < 1.29 is 4.39 Å². The Hall–Kier alpha value is -1.65. The first-order chi connectivity index (χ1) is 9.65. The van der Waals surface area contributed by atoms with E-state index in [0.29, 0.717) is 11.6 Å². The monoisotopic (exact) mass is 278 g/mol. The molecule has 2 rings (SSSR count).